The van der Waals surface area contributed by atoms with Crippen molar-refractivity contribution in [3.05, 3.63) is 23.3 Å². The molecule has 0 aromatic rings. The van der Waals surface area contributed by atoms with E-state index in [9.17, 15) is 39.6 Å². The molecule has 0 rings (SSSR count). The first-order valence-corrected chi connectivity index (χ1v) is 6.17. The molecule has 0 amide bonds. The number of hydrogen-bond acceptors (Lipinski definition) is 8. The summed E-state index contributed by atoms with van der Waals surface area (Å²) < 4.78 is 0. The van der Waals surface area contributed by atoms with Gasteiger partial charge in [0.05, 0.1) is 23.9 Å². The summed E-state index contributed by atoms with van der Waals surface area (Å²) in [5.74, 6) is -6.72. The van der Waals surface area contributed by atoms with Crippen molar-refractivity contribution in [2.24, 2.45) is 11.8 Å². The Balaban J connectivity index is -0.000000154. The molecule has 0 saturated heterocycles. The maximum atomic E-state index is 10.2. The monoisotopic (exact) mass is 360 g/mol. The third-order valence-electron chi connectivity index (χ3n) is 2.26. The molecular formula is C14H16Mg2O8. The minimum absolute atomic E-state index is 0. The number of aliphatic carboxylic acids is 4. The van der Waals surface area contributed by atoms with Gasteiger partial charge in [-0.2, -0.15) is 0 Å². The molecule has 24 heavy (non-hydrogen) atoms. The van der Waals surface area contributed by atoms with Crippen LogP contribution in [-0.2, 0) is 19.2 Å². The van der Waals surface area contributed by atoms with Gasteiger partial charge in [0.1, 0.15) is 0 Å². The summed E-state index contributed by atoms with van der Waals surface area (Å²) in [5.41, 5.74) is -0.519. The van der Waals surface area contributed by atoms with E-state index in [1.807, 2.05) is 0 Å². The van der Waals surface area contributed by atoms with Crippen LogP contribution in [0.5, 0.6) is 0 Å². The van der Waals surface area contributed by atoms with Crippen LogP contribution in [-0.4, -0.2) is 70.0 Å². The summed E-state index contributed by atoms with van der Waals surface area (Å²) in [7, 11) is 0. The van der Waals surface area contributed by atoms with Gasteiger partial charge in [0.15, 0.2) is 0 Å². The summed E-state index contributed by atoms with van der Waals surface area (Å²) in [6.45, 7) is 6.24. The first kappa shape index (κ1) is 30.7. The molecule has 0 aromatic heterocycles. The second kappa shape index (κ2) is 15.4. The van der Waals surface area contributed by atoms with Crippen LogP contribution in [0.1, 0.15) is 27.7 Å². The molecule has 0 aromatic carbocycles. The molecule has 0 heterocycles. The van der Waals surface area contributed by atoms with Gasteiger partial charge in [0.2, 0.25) is 0 Å². The Labute approximate surface area is 171 Å². The predicted octanol–water partition coefficient (Wildman–Crippen LogP) is -4.62. The van der Waals surface area contributed by atoms with Crippen molar-refractivity contribution in [2.45, 2.75) is 27.7 Å². The zero-order valence-corrected chi connectivity index (χ0v) is 16.8. The maximum absolute atomic E-state index is 10.2. The average molecular weight is 361 g/mol. The minimum Gasteiger partial charge on any atom is -0.545 e. The van der Waals surface area contributed by atoms with Gasteiger partial charge < -0.3 is 39.6 Å². The Morgan fingerprint density at radius 3 is 0.875 bits per heavy atom. The van der Waals surface area contributed by atoms with Crippen LogP contribution in [0.3, 0.4) is 0 Å². The summed E-state index contributed by atoms with van der Waals surface area (Å²) in [4.78, 5) is 40.3. The molecule has 0 radical (unpaired) electrons. The zero-order valence-electron chi connectivity index (χ0n) is 14.0. The van der Waals surface area contributed by atoms with Gasteiger partial charge in [-0.3, -0.25) is 0 Å². The molecule has 124 valence electrons. The van der Waals surface area contributed by atoms with Crippen molar-refractivity contribution >= 4 is 70.0 Å². The van der Waals surface area contributed by atoms with Gasteiger partial charge in [-0.15, -0.1) is 0 Å². The Morgan fingerprint density at radius 2 is 0.833 bits per heavy atom. The van der Waals surface area contributed by atoms with Crippen molar-refractivity contribution in [2.75, 3.05) is 0 Å². The summed E-state index contributed by atoms with van der Waals surface area (Å²) in [6, 6.07) is 0. The van der Waals surface area contributed by atoms with Crippen LogP contribution in [0.4, 0.5) is 0 Å². The Hall–Kier alpha value is -1.11. The van der Waals surface area contributed by atoms with Crippen LogP contribution in [0, 0.1) is 11.8 Å². The van der Waals surface area contributed by atoms with E-state index in [4.69, 9.17) is 0 Å². The quantitative estimate of drug-likeness (QED) is 0.337. The van der Waals surface area contributed by atoms with Gasteiger partial charge in [-0.25, -0.2) is 0 Å². The van der Waals surface area contributed by atoms with Crippen LogP contribution in [0.15, 0.2) is 23.3 Å². The molecule has 0 bridgehead atoms. The standard InChI is InChI=1S/2C7H10O4.2Mg/c2*1-4(2)5(7(10)11)3-6(8)9;;/h2*3-4H,1-2H3,(H,8,9)(H,10,11);;/q;;2*+2/p-4/b2*5-3-;;. The number of carbonyl (C=O) groups is 4. The molecule has 0 saturated carbocycles. The van der Waals surface area contributed by atoms with Crippen LogP contribution >= 0.6 is 0 Å². The topological polar surface area (TPSA) is 161 Å². The summed E-state index contributed by atoms with van der Waals surface area (Å²) in [6.07, 6.45) is 1.08. The molecule has 0 N–H and O–H groups in total. The average Bonchev–Trinajstić information content (AvgIpc) is 2.32. The fraction of sp³-hybridized carbons (Fsp3) is 0.429. The van der Waals surface area contributed by atoms with Gasteiger partial charge in [0.25, 0.3) is 0 Å². The van der Waals surface area contributed by atoms with Crippen LogP contribution in [0.25, 0.3) is 0 Å². The van der Waals surface area contributed by atoms with E-state index in [2.05, 4.69) is 0 Å². The third-order valence-corrected chi connectivity index (χ3v) is 2.26. The van der Waals surface area contributed by atoms with Gasteiger partial charge in [-0.1, -0.05) is 27.7 Å². The smallest absolute Gasteiger partial charge is 0.545 e. The van der Waals surface area contributed by atoms with E-state index < -0.39 is 23.9 Å². The molecular weight excluding hydrogens is 345 g/mol. The van der Waals surface area contributed by atoms with Gasteiger partial charge in [0, 0.05) is 0 Å². The van der Waals surface area contributed by atoms with E-state index in [-0.39, 0.29) is 69.1 Å². The zero-order chi connectivity index (χ0) is 18.0. The first-order valence-electron chi connectivity index (χ1n) is 6.17. The molecule has 0 aliphatic rings. The summed E-state index contributed by atoms with van der Waals surface area (Å²) in [5, 5.41) is 40.3. The minimum atomic E-state index is -1.52. The normalized spacial score (nSPS) is 10.8. The molecule has 0 aliphatic heterocycles. The van der Waals surface area contributed by atoms with Crippen molar-refractivity contribution in [1.82, 2.24) is 0 Å². The SMILES string of the molecule is CC(C)/C(=C/C(=O)[O-])C(=O)[O-].CC(C)/C(=C/C(=O)[O-])C(=O)[O-].[Mg+2].[Mg+2]. The van der Waals surface area contributed by atoms with E-state index in [1.165, 1.54) is 0 Å². The third kappa shape index (κ3) is 15.8. The number of carbonyl (C=O) groups excluding carboxylic acids is 4. The van der Waals surface area contributed by atoms with E-state index in [0.29, 0.717) is 12.2 Å². The number of carboxylic acids is 4. The van der Waals surface area contributed by atoms with Gasteiger partial charge in [-0.05, 0) is 35.1 Å². The second-order valence-corrected chi connectivity index (χ2v) is 4.72. The molecule has 0 aliphatic carbocycles. The maximum Gasteiger partial charge on any atom is 2.00 e. The van der Waals surface area contributed by atoms with Crippen molar-refractivity contribution in [3.63, 3.8) is 0 Å². The molecule has 0 unspecified atom stereocenters. The number of hydrogen-bond donors (Lipinski definition) is 0. The fourth-order valence-electron chi connectivity index (χ4n) is 1.18. The predicted molar refractivity (Wildman–Crippen MR) is 77.4 cm³/mol. The van der Waals surface area contributed by atoms with Crippen molar-refractivity contribution < 1.29 is 39.6 Å². The van der Waals surface area contributed by atoms with Crippen molar-refractivity contribution in [3.8, 4) is 0 Å². The van der Waals surface area contributed by atoms with E-state index >= 15 is 0 Å². The Kier molecular flexibility index (Phi) is 19.8. The fourth-order valence-corrected chi connectivity index (χ4v) is 1.18. The summed E-state index contributed by atoms with van der Waals surface area (Å²) >= 11 is 0. The van der Waals surface area contributed by atoms with E-state index in [1.54, 1.807) is 27.7 Å². The Morgan fingerprint density at radius 1 is 0.625 bits per heavy atom. The second-order valence-electron chi connectivity index (χ2n) is 4.72. The van der Waals surface area contributed by atoms with Crippen molar-refractivity contribution in [1.29, 1.82) is 0 Å². The molecule has 0 spiro atoms. The Bertz CT molecular complexity index is 461. The first-order chi connectivity index (χ1) is 9.89. The molecule has 8 nitrogen and oxygen atoms in total. The number of rotatable bonds is 6. The molecule has 10 heteroatoms. The number of carboxylic acid groups (broad SMARTS) is 4. The van der Waals surface area contributed by atoms with E-state index in [0.717, 1.165) is 0 Å². The molecule has 0 fully saturated rings. The van der Waals surface area contributed by atoms with Crippen LogP contribution in [0.2, 0.25) is 0 Å². The molecule has 0 atom stereocenters. The van der Waals surface area contributed by atoms with Gasteiger partial charge >= 0.3 is 46.1 Å². The largest absolute Gasteiger partial charge is 2.00 e. The van der Waals surface area contributed by atoms with Crippen LogP contribution < -0.4 is 20.4 Å².